The zero-order valence-corrected chi connectivity index (χ0v) is 13.8. The molecule has 0 unspecified atom stereocenters. The topological polar surface area (TPSA) is 32.3 Å². The SMILES string of the molecule is Cl.O=C1N(c2ccsc2)CC[C@]12CNC[C@H]2c1ccccc1. The smallest absolute Gasteiger partial charge is 0.235 e. The monoisotopic (exact) mass is 334 g/mol. The minimum Gasteiger partial charge on any atom is -0.315 e. The Morgan fingerprint density at radius 2 is 2.05 bits per heavy atom. The van der Waals surface area contributed by atoms with Crippen molar-refractivity contribution in [2.24, 2.45) is 5.41 Å². The van der Waals surface area contributed by atoms with E-state index in [2.05, 4.69) is 35.0 Å². The Kier molecular flexibility index (Phi) is 4.26. The summed E-state index contributed by atoms with van der Waals surface area (Å²) in [7, 11) is 0. The minimum absolute atomic E-state index is 0. The van der Waals surface area contributed by atoms with Gasteiger partial charge in [-0.2, -0.15) is 11.3 Å². The molecular weight excluding hydrogens is 316 g/mol. The summed E-state index contributed by atoms with van der Waals surface area (Å²) >= 11 is 1.65. The van der Waals surface area contributed by atoms with Crippen LogP contribution in [-0.2, 0) is 4.79 Å². The predicted molar refractivity (Wildman–Crippen MR) is 93.0 cm³/mol. The summed E-state index contributed by atoms with van der Waals surface area (Å²) < 4.78 is 0. The lowest BCUT2D eigenvalue weighted by Crippen LogP contribution is -2.39. The third-order valence-electron chi connectivity index (χ3n) is 4.93. The van der Waals surface area contributed by atoms with E-state index >= 15 is 0 Å². The van der Waals surface area contributed by atoms with Crippen molar-refractivity contribution in [2.75, 3.05) is 24.5 Å². The highest BCUT2D eigenvalue weighted by Gasteiger charge is 2.55. The molecule has 5 heteroatoms. The van der Waals surface area contributed by atoms with Crippen molar-refractivity contribution in [2.45, 2.75) is 12.3 Å². The van der Waals surface area contributed by atoms with Crippen molar-refractivity contribution in [1.82, 2.24) is 5.32 Å². The molecule has 0 saturated carbocycles. The van der Waals surface area contributed by atoms with Gasteiger partial charge in [-0.25, -0.2) is 0 Å². The molecule has 2 aliphatic rings. The fourth-order valence-electron chi connectivity index (χ4n) is 3.81. The highest BCUT2D eigenvalue weighted by molar-refractivity contribution is 7.08. The molecule has 0 radical (unpaired) electrons. The molecule has 0 bridgehead atoms. The average Bonchev–Trinajstić information content (AvgIpc) is 3.23. The highest BCUT2D eigenvalue weighted by atomic mass is 35.5. The van der Waals surface area contributed by atoms with Crippen LogP contribution >= 0.6 is 23.7 Å². The third-order valence-corrected chi connectivity index (χ3v) is 5.60. The van der Waals surface area contributed by atoms with Crippen LogP contribution in [0.1, 0.15) is 17.9 Å². The summed E-state index contributed by atoms with van der Waals surface area (Å²) in [5.41, 5.74) is 2.08. The summed E-state index contributed by atoms with van der Waals surface area (Å²) in [4.78, 5) is 15.1. The van der Waals surface area contributed by atoms with E-state index in [1.807, 2.05) is 22.4 Å². The zero-order chi connectivity index (χ0) is 14.3. The molecule has 1 spiro atoms. The third kappa shape index (κ3) is 2.26. The van der Waals surface area contributed by atoms with Gasteiger partial charge in [0.1, 0.15) is 0 Å². The maximum absolute atomic E-state index is 13.1. The Bertz CT molecular complexity index is 646. The summed E-state index contributed by atoms with van der Waals surface area (Å²) in [6, 6.07) is 12.5. The molecule has 1 N–H and O–H groups in total. The Labute approximate surface area is 140 Å². The number of thiophene rings is 1. The van der Waals surface area contributed by atoms with E-state index in [1.54, 1.807) is 11.3 Å². The van der Waals surface area contributed by atoms with Gasteiger partial charge < -0.3 is 10.2 Å². The fraction of sp³-hybridized carbons (Fsp3) is 0.353. The van der Waals surface area contributed by atoms with E-state index < -0.39 is 0 Å². The summed E-state index contributed by atoms with van der Waals surface area (Å²) in [5.74, 6) is 0.578. The van der Waals surface area contributed by atoms with Gasteiger partial charge in [0.15, 0.2) is 0 Å². The van der Waals surface area contributed by atoms with Gasteiger partial charge in [-0.05, 0) is 23.4 Å². The van der Waals surface area contributed by atoms with Crippen molar-refractivity contribution in [1.29, 1.82) is 0 Å². The van der Waals surface area contributed by atoms with Gasteiger partial charge in [0.25, 0.3) is 0 Å². The number of benzene rings is 1. The maximum Gasteiger partial charge on any atom is 0.235 e. The first-order chi connectivity index (χ1) is 10.3. The van der Waals surface area contributed by atoms with E-state index in [4.69, 9.17) is 0 Å². The van der Waals surface area contributed by atoms with Crippen LogP contribution in [0.5, 0.6) is 0 Å². The molecule has 2 aliphatic heterocycles. The van der Waals surface area contributed by atoms with Gasteiger partial charge in [0.05, 0.1) is 11.1 Å². The maximum atomic E-state index is 13.1. The number of halogens is 1. The van der Waals surface area contributed by atoms with Gasteiger partial charge in [0, 0.05) is 30.9 Å². The molecule has 116 valence electrons. The van der Waals surface area contributed by atoms with E-state index in [0.29, 0.717) is 5.91 Å². The molecule has 1 aromatic heterocycles. The van der Waals surface area contributed by atoms with Crippen molar-refractivity contribution in [3.8, 4) is 0 Å². The van der Waals surface area contributed by atoms with Crippen molar-refractivity contribution >= 4 is 35.3 Å². The van der Waals surface area contributed by atoms with Crippen molar-refractivity contribution in [3.63, 3.8) is 0 Å². The Morgan fingerprint density at radius 3 is 2.77 bits per heavy atom. The fourth-order valence-corrected chi connectivity index (χ4v) is 4.46. The summed E-state index contributed by atoms with van der Waals surface area (Å²) in [5, 5.41) is 7.56. The molecule has 22 heavy (non-hydrogen) atoms. The van der Waals surface area contributed by atoms with E-state index in [-0.39, 0.29) is 23.7 Å². The van der Waals surface area contributed by atoms with Gasteiger partial charge in [-0.3, -0.25) is 4.79 Å². The minimum atomic E-state index is -0.261. The Morgan fingerprint density at radius 1 is 1.23 bits per heavy atom. The second-order valence-electron chi connectivity index (χ2n) is 5.94. The molecule has 0 aliphatic carbocycles. The largest absolute Gasteiger partial charge is 0.315 e. The quantitative estimate of drug-likeness (QED) is 0.914. The number of rotatable bonds is 2. The number of anilines is 1. The van der Waals surface area contributed by atoms with Gasteiger partial charge >= 0.3 is 0 Å². The van der Waals surface area contributed by atoms with Crippen LogP contribution in [0.2, 0.25) is 0 Å². The Balaban J connectivity index is 0.00000144. The number of carbonyl (C=O) groups excluding carboxylic acids is 1. The number of nitrogens with zero attached hydrogens (tertiary/aromatic N) is 1. The molecule has 2 fully saturated rings. The molecule has 2 aromatic rings. The van der Waals surface area contributed by atoms with Crippen LogP contribution in [0.25, 0.3) is 0 Å². The molecule has 2 saturated heterocycles. The second-order valence-corrected chi connectivity index (χ2v) is 6.72. The molecule has 3 nitrogen and oxygen atoms in total. The number of amides is 1. The molecular formula is C17H19ClN2OS. The molecule has 3 heterocycles. The lowest BCUT2D eigenvalue weighted by Gasteiger charge is -2.29. The molecule has 2 atom stereocenters. The second kappa shape index (κ2) is 6.03. The predicted octanol–water partition coefficient (Wildman–Crippen LogP) is 3.28. The van der Waals surface area contributed by atoms with Crippen LogP contribution in [0.15, 0.2) is 47.2 Å². The summed E-state index contributed by atoms with van der Waals surface area (Å²) in [6.45, 7) is 2.53. The van der Waals surface area contributed by atoms with Crippen LogP contribution in [0, 0.1) is 5.41 Å². The van der Waals surface area contributed by atoms with E-state index in [1.165, 1.54) is 5.56 Å². The first kappa shape index (κ1) is 15.5. The average molecular weight is 335 g/mol. The molecule has 1 aromatic carbocycles. The van der Waals surface area contributed by atoms with Crippen molar-refractivity contribution in [3.05, 3.63) is 52.7 Å². The van der Waals surface area contributed by atoms with Crippen LogP contribution in [0.4, 0.5) is 5.69 Å². The number of carbonyl (C=O) groups is 1. The molecule has 4 rings (SSSR count). The number of hydrogen-bond donors (Lipinski definition) is 1. The van der Waals surface area contributed by atoms with Gasteiger partial charge in [-0.1, -0.05) is 30.3 Å². The number of hydrogen-bond acceptors (Lipinski definition) is 3. The highest BCUT2D eigenvalue weighted by Crippen LogP contribution is 2.48. The Hall–Kier alpha value is -1.36. The number of nitrogens with one attached hydrogen (secondary N) is 1. The molecule has 1 amide bonds. The van der Waals surface area contributed by atoms with Gasteiger partial charge in [0.2, 0.25) is 5.91 Å². The van der Waals surface area contributed by atoms with E-state index in [9.17, 15) is 4.79 Å². The first-order valence-electron chi connectivity index (χ1n) is 7.41. The van der Waals surface area contributed by atoms with E-state index in [0.717, 1.165) is 31.7 Å². The van der Waals surface area contributed by atoms with Crippen LogP contribution in [0.3, 0.4) is 0 Å². The normalized spacial score (nSPS) is 27.4. The lowest BCUT2D eigenvalue weighted by atomic mass is 9.73. The summed E-state index contributed by atoms with van der Waals surface area (Å²) in [6.07, 6.45) is 0.939. The van der Waals surface area contributed by atoms with Crippen molar-refractivity contribution < 1.29 is 4.79 Å². The lowest BCUT2D eigenvalue weighted by molar-refractivity contribution is -0.125. The van der Waals surface area contributed by atoms with Gasteiger partial charge in [-0.15, -0.1) is 12.4 Å². The zero-order valence-electron chi connectivity index (χ0n) is 12.2. The standard InChI is InChI=1S/C17H18N2OS.ClH/c20-16-17(7-8-19(16)14-6-9-21-11-14)12-18-10-15(17)13-4-2-1-3-5-13;/h1-6,9,11,15,18H,7-8,10,12H2;1H/t15-,17+;/m0./s1. The van der Waals surface area contributed by atoms with Crippen LogP contribution in [-0.4, -0.2) is 25.5 Å². The first-order valence-corrected chi connectivity index (χ1v) is 8.35. The van der Waals surface area contributed by atoms with Crippen LogP contribution < -0.4 is 10.2 Å².